The molecule has 0 amide bonds. The van der Waals surface area contributed by atoms with Gasteiger partial charge in [0.2, 0.25) is 0 Å². The van der Waals surface area contributed by atoms with Crippen molar-refractivity contribution in [2.24, 2.45) is 5.73 Å². The lowest BCUT2D eigenvalue weighted by molar-refractivity contribution is 0.274. The van der Waals surface area contributed by atoms with E-state index in [1.165, 1.54) is 0 Å². The van der Waals surface area contributed by atoms with E-state index in [0.29, 0.717) is 0 Å². The molecule has 0 spiro atoms. The third kappa shape index (κ3) is 2.13. The number of hydrogen-bond donors (Lipinski definition) is 2. The first-order valence-corrected chi connectivity index (χ1v) is 5.29. The highest BCUT2D eigenvalue weighted by molar-refractivity contribution is 9.10. The summed E-state index contributed by atoms with van der Waals surface area (Å²) in [6.45, 7) is 1.61. The fourth-order valence-corrected chi connectivity index (χ4v) is 2.22. The lowest BCUT2D eigenvalue weighted by Gasteiger charge is -2.40. The predicted molar refractivity (Wildman–Crippen MR) is 66.7 cm³/mol. The van der Waals surface area contributed by atoms with Crippen LogP contribution in [0.25, 0.3) is 0 Å². The van der Waals surface area contributed by atoms with Crippen molar-refractivity contribution in [1.29, 1.82) is 0 Å². The molecule has 1 aliphatic rings. The number of para-hydroxylation sites is 1. The summed E-state index contributed by atoms with van der Waals surface area (Å²) in [7, 11) is 1.67. The maximum Gasteiger partial charge on any atom is 0.138 e. The van der Waals surface area contributed by atoms with E-state index in [-0.39, 0.29) is 17.9 Å². The van der Waals surface area contributed by atoms with E-state index in [1.54, 1.807) is 7.11 Å². The van der Waals surface area contributed by atoms with Gasteiger partial charge in [0.15, 0.2) is 0 Å². The van der Waals surface area contributed by atoms with E-state index in [4.69, 9.17) is 10.5 Å². The van der Waals surface area contributed by atoms with Crippen molar-refractivity contribution in [1.82, 2.24) is 5.32 Å². The fraction of sp³-hybridized carbons (Fsp3) is 0.400. The number of ether oxygens (including phenoxy) is 1. The maximum atomic E-state index is 6.21. The van der Waals surface area contributed by atoms with Gasteiger partial charge in [0.1, 0.15) is 5.75 Å². The molecular formula is C10H14BrClN2O. The van der Waals surface area contributed by atoms with Crippen LogP contribution in [0.15, 0.2) is 22.7 Å². The van der Waals surface area contributed by atoms with Crippen molar-refractivity contribution < 1.29 is 4.74 Å². The van der Waals surface area contributed by atoms with Crippen molar-refractivity contribution >= 4 is 28.3 Å². The van der Waals surface area contributed by atoms with E-state index in [2.05, 4.69) is 21.2 Å². The SMILES string of the molecule is COc1c(Br)cccc1C1(N)CNC1.Cl. The Morgan fingerprint density at radius 1 is 1.47 bits per heavy atom. The molecule has 1 saturated heterocycles. The van der Waals surface area contributed by atoms with Crippen LogP contribution in [0.2, 0.25) is 0 Å². The standard InChI is InChI=1S/C10H13BrN2O.ClH/c1-14-9-7(3-2-4-8(9)11)10(12)5-13-6-10;/h2-4,13H,5-6,12H2,1H3;1H. The molecule has 3 N–H and O–H groups in total. The Hall–Kier alpha value is -0.290. The van der Waals surface area contributed by atoms with Crippen molar-refractivity contribution in [2.45, 2.75) is 5.54 Å². The highest BCUT2D eigenvalue weighted by Crippen LogP contribution is 2.36. The third-order valence-corrected chi connectivity index (χ3v) is 3.21. The molecule has 84 valence electrons. The topological polar surface area (TPSA) is 47.3 Å². The fourth-order valence-electron chi connectivity index (χ4n) is 1.69. The molecule has 1 heterocycles. The Morgan fingerprint density at radius 2 is 2.13 bits per heavy atom. The lowest BCUT2D eigenvalue weighted by Crippen LogP contribution is -2.62. The van der Waals surface area contributed by atoms with Crippen LogP contribution in [0.4, 0.5) is 0 Å². The summed E-state index contributed by atoms with van der Waals surface area (Å²) in [5, 5.41) is 3.18. The van der Waals surface area contributed by atoms with Gasteiger partial charge < -0.3 is 15.8 Å². The lowest BCUT2D eigenvalue weighted by atomic mass is 9.85. The summed E-state index contributed by atoms with van der Waals surface area (Å²) in [6.07, 6.45) is 0. The normalized spacial score (nSPS) is 17.5. The van der Waals surface area contributed by atoms with Gasteiger partial charge in [0.05, 0.1) is 17.1 Å². The number of rotatable bonds is 2. The minimum absolute atomic E-state index is 0. The predicted octanol–water partition coefficient (Wildman–Crippen LogP) is 1.64. The molecular weight excluding hydrogens is 279 g/mol. The minimum atomic E-state index is -0.269. The zero-order chi connectivity index (χ0) is 10.2. The first kappa shape index (κ1) is 12.8. The highest BCUT2D eigenvalue weighted by Gasteiger charge is 2.37. The zero-order valence-electron chi connectivity index (χ0n) is 8.42. The Morgan fingerprint density at radius 3 is 2.60 bits per heavy atom. The van der Waals surface area contributed by atoms with Gasteiger partial charge >= 0.3 is 0 Å². The van der Waals surface area contributed by atoms with E-state index >= 15 is 0 Å². The molecule has 1 aliphatic heterocycles. The third-order valence-electron chi connectivity index (χ3n) is 2.59. The number of benzene rings is 1. The van der Waals surface area contributed by atoms with Crippen molar-refractivity contribution in [3.63, 3.8) is 0 Å². The molecule has 2 rings (SSSR count). The Kier molecular flexibility index (Phi) is 4.00. The Labute approximate surface area is 104 Å². The monoisotopic (exact) mass is 292 g/mol. The van der Waals surface area contributed by atoms with Crippen LogP contribution in [0, 0.1) is 0 Å². The quantitative estimate of drug-likeness (QED) is 0.871. The first-order valence-electron chi connectivity index (χ1n) is 4.50. The molecule has 15 heavy (non-hydrogen) atoms. The molecule has 3 nitrogen and oxygen atoms in total. The molecule has 0 atom stereocenters. The number of nitrogens with two attached hydrogens (primary N) is 1. The van der Waals surface area contributed by atoms with Gasteiger partial charge in [-0.25, -0.2) is 0 Å². The van der Waals surface area contributed by atoms with E-state index in [9.17, 15) is 0 Å². The van der Waals surface area contributed by atoms with Gasteiger partial charge in [-0.1, -0.05) is 12.1 Å². The number of halogens is 2. The van der Waals surface area contributed by atoms with Crippen LogP contribution in [-0.4, -0.2) is 20.2 Å². The van der Waals surface area contributed by atoms with Crippen LogP contribution >= 0.6 is 28.3 Å². The van der Waals surface area contributed by atoms with Gasteiger partial charge in [0, 0.05) is 18.7 Å². The molecule has 1 aromatic carbocycles. The van der Waals surface area contributed by atoms with Crippen molar-refractivity contribution in [2.75, 3.05) is 20.2 Å². The van der Waals surface area contributed by atoms with Crippen LogP contribution in [0.5, 0.6) is 5.75 Å². The zero-order valence-corrected chi connectivity index (χ0v) is 10.8. The number of nitrogens with one attached hydrogen (secondary N) is 1. The largest absolute Gasteiger partial charge is 0.495 e. The van der Waals surface area contributed by atoms with Gasteiger partial charge in [-0.2, -0.15) is 0 Å². The van der Waals surface area contributed by atoms with Gasteiger partial charge in [-0.3, -0.25) is 0 Å². The average molecular weight is 294 g/mol. The molecule has 0 aromatic heterocycles. The summed E-state index contributed by atoms with van der Waals surface area (Å²) < 4.78 is 6.30. The summed E-state index contributed by atoms with van der Waals surface area (Å²) in [4.78, 5) is 0. The number of methoxy groups -OCH3 is 1. The van der Waals surface area contributed by atoms with Crippen LogP contribution in [0.1, 0.15) is 5.56 Å². The molecule has 1 fully saturated rings. The minimum Gasteiger partial charge on any atom is -0.495 e. The summed E-state index contributed by atoms with van der Waals surface area (Å²) in [5.41, 5.74) is 7.00. The highest BCUT2D eigenvalue weighted by atomic mass is 79.9. The second kappa shape index (κ2) is 4.70. The summed E-state index contributed by atoms with van der Waals surface area (Å²) >= 11 is 3.45. The first-order chi connectivity index (χ1) is 6.67. The van der Waals surface area contributed by atoms with Crippen LogP contribution < -0.4 is 15.8 Å². The smallest absolute Gasteiger partial charge is 0.138 e. The Bertz CT molecular complexity index is 355. The average Bonchev–Trinajstić information content (AvgIpc) is 2.14. The van der Waals surface area contributed by atoms with Gasteiger partial charge in [-0.05, 0) is 22.0 Å². The van der Waals surface area contributed by atoms with Crippen molar-refractivity contribution in [3.05, 3.63) is 28.2 Å². The van der Waals surface area contributed by atoms with Crippen LogP contribution in [0.3, 0.4) is 0 Å². The molecule has 0 bridgehead atoms. The molecule has 1 aromatic rings. The summed E-state index contributed by atoms with van der Waals surface area (Å²) in [5.74, 6) is 0.844. The molecule has 0 aliphatic carbocycles. The van der Waals surface area contributed by atoms with Gasteiger partial charge in [-0.15, -0.1) is 12.4 Å². The molecule has 5 heteroatoms. The molecule has 0 radical (unpaired) electrons. The molecule has 0 unspecified atom stereocenters. The van der Waals surface area contributed by atoms with E-state index in [0.717, 1.165) is 28.9 Å². The second-order valence-electron chi connectivity index (χ2n) is 3.58. The maximum absolute atomic E-state index is 6.21. The van der Waals surface area contributed by atoms with E-state index < -0.39 is 0 Å². The summed E-state index contributed by atoms with van der Waals surface area (Å²) in [6, 6.07) is 5.96. The molecule has 0 saturated carbocycles. The second-order valence-corrected chi connectivity index (χ2v) is 4.43. The van der Waals surface area contributed by atoms with Crippen molar-refractivity contribution in [3.8, 4) is 5.75 Å². The number of hydrogen-bond acceptors (Lipinski definition) is 3. The van der Waals surface area contributed by atoms with Crippen LogP contribution in [-0.2, 0) is 5.54 Å². The van der Waals surface area contributed by atoms with Gasteiger partial charge in [0.25, 0.3) is 0 Å². The van der Waals surface area contributed by atoms with E-state index in [1.807, 2.05) is 18.2 Å². The Balaban J connectivity index is 0.00000112.